The van der Waals surface area contributed by atoms with Crippen molar-refractivity contribution in [3.63, 3.8) is 0 Å². The first-order chi connectivity index (χ1) is 40.9. The number of benzene rings is 4. The molecule has 8 aliphatic rings. The average Bonchev–Trinajstić information content (AvgIpc) is 1.54. The highest BCUT2D eigenvalue weighted by Gasteiger charge is 2.54. The Morgan fingerprint density at radius 3 is 1.37 bits per heavy atom. The SMILES string of the molecule is [C-]#[N+][C@@]1(O)/C=C/C[C@H](C)[C@@H](C)S(=O)(=O)NC(=O)c2ccc3c(c2)N(C[C@@H]2CC[C@H]21)C[C@@]1(CCCc2cc(Cl)ccc21)CO3.[C-]#[N+][C@]1(O)/C=C/C[C@H](C)[C@@H](C)S(=O)(=O)NC(=O)c2ccc3c(c2)N(C[C@@H]2CC[C@H]21)C[C@@]1(CCCc2cc(Cl)ccc21)CO3. The van der Waals surface area contributed by atoms with Crippen molar-refractivity contribution in [2.75, 3.05) is 49.2 Å². The molecule has 12 rings (SSSR count). The van der Waals surface area contributed by atoms with Gasteiger partial charge in [0, 0.05) is 70.3 Å². The van der Waals surface area contributed by atoms with Gasteiger partial charge in [-0.15, -0.1) is 0 Å². The number of ether oxygens (including phenoxy) is 2. The van der Waals surface area contributed by atoms with E-state index in [9.17, 15) is 36.6 Å². The van der Waals surface area contributed by atoms with Crippen LogP contribution in [-0.2, 0) is 43.7 Å². The Hall–Kier alpha value is -6.12. The van der Waals surface area contributed by atoms with Crippen LogP contribution in [0.1, 0.15) is 135 Å². The lowest BCUT2D eigenvalue weighted by atomic mass is 9.66. The summed E-state index contributed by atoms with van der Waals surface area (Å²) in [5, 5.41) is 22.7. The third-order valence-corrected chi connectivity index (χ3v) is 24.9. The Kier molecular flexibility index (Phi) is 17.0. The summed E-state index contributed by atoms with van der Waals surface area (Å²) in [6.45, 7) is 25.8. The van der Waals surface area contributed by atoms with Gasteiger partial charge >= 0.3 is 11.4 Å². The van der Waals surface area contributed by atoms with Gasteiger partial charge in [0.25, 0.3) is 11.8 Å². The van der Waals surface area contributed by atoms with Crippen LogP contribution in [0, 0.1) is 48.7 Å². The Bertz CT molecular complexity index is 3480. The normalized spacial score (nSPS) is 34.3. The Morgan fingerprint density at radius 2 is 1.00 bits per heavy atom. The molecule has 4 aliphatic heterocycles. The molecule has 20 heteroatoms. The van der Waals surface area contributed by atoms with Crippen molar-refractivity contribution in [2.45, 2.75) is 138 Å². The zero-order valence-electron chi connectivity index (χ0n) is 49.1. The van der Waals surface area contributed by atoms with Crippen molar-refractivity contribution < 1.29 is 46.1 Å². The summed E-state index contributed by atoms with van der Waals surface area (Å²) in [5.41, 5.74) is 2.74. The van der Waals surface area contributed by atoms with Gasteiger partial charge in [0.1, 0.15) is 11.5 Å². The second-order valence-electron chi connectivity index (χ2n) is 25.8. The molecule has 4 N–H and O–H groups in total. The number of carbonyl (C=O) groups excluding carboxylic acids is 2. The molecule has 0 unspecified atom stereocenters. The number of aryl methyl sites for hydroxylation is 2. The summed E-state index contributed by atoms with van der Waals surface area (Å²) in [6, 6.07) is 22.3. The largest absolute Gasteiger partial charge is 0.490 e. The van der Waals surface area contributed by atoms with Crippen LogP contribution >= 0.6 is 23.2 Å². The lowest BCUT2D eigenvalue weighted by Gasteiger charge is -2.45. The summed E-state index contributed by atoms with van der Waals surface area (Å²) in [7, 11) is -7.98. The molecule has 0 saturated heterocycles. The van der Waals surface area contributed by atoms with E-state index in [1.54, 1.807) is 88.4 Å². The predicted octanol–water partition coefficient (Wildman–Crippen LogP) is 11.0. The topological polar surface area (TPSA) is 201 Å². The van der Waals surface area contributed by atoms with Crippen LogP contribution in [0.15, 0.2) is 97.1 Å². The molecule has 2 spiro atoms. The minimum Gasteiger partial charge on any atom is -0.490 e. The van der Waals surface area contributed by atoms with E-state index in [1.165, 1.54) is 22.3 Å². The van der Waals surface area contributed by atoms with Crippen molar-refractivity contribution in [1.29, 1.82) is 0 Å². The number of aliphatic hydroxyl groups is 2. The minimum absolute atomic E-state index is 0.0437. The number of nitrogens with zero attached hydrogens (tertiary/aromatic N) is 4. The van der Waals surface area contributed by atoms with E-state index in [4.69, 9.17) is 45.8 Å². The molecular formula is C66H76Cl2N6O10S2. The summed E-state index contributed by atoms with van der Waals surface area (Å²) in [5.74, 6) is -1.24. The molecule has 4 aliphatic carbocycles. The minimum atomic E-state index is -3.99. The summed E-state index contributed by atoms with van der Waals surface area (Å²) < 4.78 is 70.4. The van der Waals surface area contributed by atoms with Crippen LogP contribution in [0.2, 0.25) is 10.0 Å². The summed E-state index contributed by atoms with van der Waals surface area (Å²) >= 11 is 12.8. The van der Waals surface area contributed by atoms with E-state index in [1.807, 2.05) is 24.3 Å². The maximum atomic E-state index is 13.3. The van der Waals surface area contributed by atoms with E-state index in [-0.39, 0.29) is 57.5 Å². The van der Waals surface area contributed by atoms with Gasteiger partial charge in [0.05, 0.1) is 46.9 Å². The lowest BCUT2D eigenvalue weighted by molar-refractivity contribution is -0.0123. The van der Waals surface area contributed by atoms with Crippen LogP contribution in [-0.4, -0.2) is 100 Å². The number of amides is 2. The maximum absolute atomic E-state index is 13.3. The number of rotatable bonds is 0. The fraction of sp³-hybridized carbons (Fsp3) is 0.515. The van der Waals surface area contributed by atoms with Gasteiger partial charge < -0.3 is 29.5 Å². The molecule has 4 aromatic carbocycles. The number of nitrogens with one attached hydrogen (secondary N) is 2. The first kappa shape index (κ1) is 61.5. The molecule has 4 aromatic rings. The quantitative estimate of drug-likeness (QED) is 0.0961. The van der Waals surface area contributed by atoms with Crippen molar-refractivity contribution in [2.24, 2.45) is 35.5 Å². The van der Waals surface area contributed by atoms with E-state index < -0.39 is 53.8 Å². The van der Waals surface area contributed by atoms with Crippen LogP contribution < -0.4 is 28.7 Å². The number of sulfonamides is 2. The van der Waals surface area contributed by atoms with Crippen LogP contribution in [0.3, 0.4) is 0 Å². The smallest absolute Gasteiger partial charge is 0.357 e. The van der Waals surface area contributed by atoms with Gasteiger partial charge in [0.15, 0.2) is 0 Å². The molecular weight excluding hydrogens is 1170 g/mol. The van der Waals surface area contributed by atoms with E-state index in [0.29, 0.717) is 85.2 Å². The fourth-order valence-electron chi connectivity index (χ4n) is 14.7. The second-order valence-corrected chi connectivity index (χ2v) is 30.8. The number of anilines is 2. The molecule has 456 valence electrons. The number of halogens is 2. The van der Waals surface area contributed by atoms with E-state index >= 15 is 0 Å². The van der Waals surface area contributed by atoms with Gasteiger partial charge in [-0.25, -0.2) is 39.4 Å². The third kappa shape index (κ3) is 11.8. The predicted molar refractivity (Wildman–Crippen MR) is 334 cm³/mol. The molecule has 2 fully saturated rings. The fourth-order valence-corrected chi connectivity index (χ4v) is 17.7. The summed E-state index contributed by atoms with van der Waals surface area (Å²) in [4.78, 5) is 38.5. The zero-order chi connectivity index (χ0) is 61.1. The van der Waals surface area contributed by atoms with Gasteiger partial charge in [-0.1, -0.05) is 61.3 Å². The molecule has 12 atom stereocenters. The molecule has 2 amide bonds. The van der Waals surface area contributed by atoms with Crippen molar-refractivity contribution in [1.82, 2.24) is 9.44 Å². The van der Waals surface area contributed by atoms with Crippen molar-refractivity contribution in [3.8, 4) is 11.5 Å². The lowest BCUT2D eigenvalue weighted by Crippen LogP contribution is -2.51. The molecule has 16 nitrogen and oxygen atoms in total. The number of carbonyl (C=O) groups is 2. The number of hydrogen-bond acceptors (Lipinski definition) is 12. The van der Waals surface area contributed by atoms with Crippen LogP contribution in [0.5, 0.6) is 11.5 Å². The molecule has 4 heterocycles. The summed E-state index contributed by atoms with van der Waals surface area (Å²) in [6.07, 6.45) is 16.1. The Balaban J connectivity index is 0.000000179. The van der Waals surface area contributed by atoms with Gasteiger partial charge in [-0.2, -0.15) is 0 Å². The van der Waals surface area contributed by atoms with Crippen molar-refractivity contribution in [3.05, 3.63) is 163 Å². The number of allylic oxidation sites excluding steroid dienone is 2. The van der Waals surface area contributed by atoms with Crippen molar-refractivity contribution >= 4 is 66.4 Å². The Morgan fingerprint density at radius 1 is 0.593 bits per heavy atom. The van der Waals surface area contributed by atoms with Gasteiger partial charge in [-0.3, -0.25) is 19.3 Å². The van der Waals surface area contributed by atoms with Gasteiger partial charge in [0.2, 0.25) is 20.0 Å². The van der Waals surface area contributed by atoms with E-state index in [2.05, 4.69) is 41.1 Å². The number of fused-ring (bicyclic) bond motifs is 8. The third-order valence-electron chi connectivity index (χ3n) is 20.6. The second kappa shape index (κ2) is 23.8. The highest BCUT2D eigenvalue weighted by Crippen LogP contribution is 2.51. The highest BCUT2D eigenvalue weighted by molar-refractivity contribution is 7.91. The van der Waals surface area contributed by atoms with Gasteiger partial charge in [-0.05, 0) is 197 Å². The highest BCUT2D eigenvalue weighted by atomic mass is 35.5. The average molecular weight is 1250 g/mol. The first-order valence-corrected chi connectivity index (χ1v) is 34.0. The Labute approximate surface area is 516 Å². The zero-order valence-corrected chi connectivity index (χ0v) is 52.3. The molecule has 0 aromatic heterocycles. The maximum Gasteiger partial charge on any atom is 0.357 e. The molecule has 2 saturated carbocycles. The number of hydrogen-bond donors (Lipinski definition) is 4. The molecule has 86 heavy (non-hydrogen) atoms. The van der Waals surface area contributed by atoms with E-state index in [0.717, 1.165) is 64.2 Å². The molecule has 0 radical (unpaired) electrons. The standard InChI is InChI=1S/2C33H38ClN3O5S/c2*1-21-6-4-15-33(39,35-3)28-11-8-25(28)18-37-19-32(14-5-7-23-16-26(34)10-12-27(23)32)20-42-30-13-9-24(17-29(30)37)31(38)36-43(40,41)22(21)2/h2*4,9-10,12-13,15-17,21-22,25,28,39H,5-8,11,14,18-20H2,1-2H3,(H,36,38)/b2*15-4+/t21-,22+,25-,28+,32-,33+;21-,22+,25-,28+,32-,33-/m00/s1. The van der Waals surface area contributed by atoms with Crippen LogP contribution in [0.4, 0.5) is 11.4 Å². The van der Waals surface area contributed by atoms with Crippen LogP contribution in [0.25, 0.3) is 9.69 Å². The first-order valence-electron chi connectivity index (χ1n) is 30.2. The monoisotopic (exact) mass is 1250 g/mol. The molecule has 4 bridgehead atoms.